The van der Waals surface area contributed by atoms with Crippen LogP contribution in [0.5, 0.6) is 0 Å². The molecule has 0 spiro atoms. The largest absolute Gasteiger partial charge is 0.377 e. The second-order valence-corrected chi connectivity index (χ2v) is 4.64. The second kappa shape index (κ2) is 6.21. The zero-order valence-electron chi connectivity index (χ0n) is 10.8. The topological polar surface area (TPSA) is 41.6 Å². The quantitative estimate of drug-likeness (QED) is 0.746. The molecule has 0 aromatic heterocycles. The van der Waals surface area contributed by atoms with Crippen molar-refractivity contribution < 1.29 is 9.53 Å². The van der Waals surface area contributed by atoms with Crippen molar-refractivity contribution in [2.24, 2.45) is 0 Å². The molecular formula is C12H24N2O2. The molecule has 1 saturated heterocycles. The summed E-state index contributed by atoms with van der Waals surface area (Å²) in [6.07, 6.45) is 2.52. The zero-order chi connectivity index (χ0) is 12.1. The minimum atomic E-state index is -0.0457. The summed E-state index contributed by atoms with van der Waals surface area (Å²) >= 11 is 0. The van der Waals surface area contributed by atoms with Crippen molar-refractivity contribution in [3.05, 3.63) is 0 Å². The molecule has 0 aromatic carbocycles. The monoisotopic (exact) mass is 228 g/mol. The molecule has 16 heavy (non-hydrogen) atoms. The summed E-state index contributed by atoms with van der Waals surface area (Å²) in [7, 11) is 0. The van der Waals surface area contributed by atoms with E-state index in [1.807, 2.05) is 25.7 Å². The van der Waals surface area contributed by atoms with Gasteiger partial charge >= 0.3 is 0 Å². The number of hydrogen-bond donors (Lipinski definition) is 1. The average Bonchev–Trinajstić information content (AvgIpc) is 2.46. The van der Waals surface area contributed by atoms with Gasteiger partial charge in [-0.3, -0.25) is 10.1 Å². The Kier molecular flexibility index (Phi) is 5.22. The number of nitrogens with one attached hydrogen (secondary N) is 1. The Hall–Kier alpha value is -0.610. The molecule has 1 amide bonds. The van der Waals surface area contributed by atoms with Crippen molar-refractivity contribution in [3.63, 3.8) is 0 Å². The van der Waals surface area contributed by atoms with Crippen LogP contribution in [0.2, 0.25) is 0 Å². The first-order valence-electron chi connectivity index (χ1n) is 6.24. The normalized spacial score (nSPS) is 25.8. The van der Waals surface area contributed by atoms with Crippen LogP contribution in [0.4, 0.5) is 0 Å². The lowest BCUT2D eigenvalue weighted by Gasteiger charge is -2.24. The molecule has 1 N–H and O–H groups in total. The fourth-order valence-electron chi connectivity index (χ4n) is 2.02. The number of nitrogens with zero attached hydrogens (tertiary/aromatic N) is 1. The Balaban J connectivity index is 2.43. The molecule has 94 valence electrons. The Morgan fingerprint density at radius 1 is 1.50 bits per heavy atom. The van der Waals surface area contributed by atoms with E-state index in [4.69, 9.17) is 4.74 Å². The van der Waals surface area contributed by atoms with Crippen LogP contribution >= 0.6 is 0 Å². The van der Waals surface area contributed by atoms with Crippen LogP contribution in [0.1, 0.15) is 40.5 Å². The average molecular weight is 228 g/mol. The summed E-state index contributed by atoms with van der Waals surface area (Å²) in [6.45, 7) is 9.40. The number of carbonyl (C=O) groups excluding carboxylic acids is 1. The van der Waals surface area contributed by atoms with Crippen LogP contribution in [0.25, 0.3) is 0 Å². The Labute approximate surface area is 98.3 Å². The fraction of sp³-hybridized carbons (Fsp3) is 0.917. The number of ether oxygens (including phenoxy) is 1. The first-order chi connectivity index (χ1) is 7.56. The van der Waals surface area contributed by atoms with Gasteiger partial charge in [0.05, 0.1) is 24.9 Å². The third kappa shape index (κ3) is 3.46. The molecule has 0 saturated carbocycles. The summed E-state index contributed by atoms with van der Waals surface area (Å²) in [6, 6.07) is -0.0457. The molecule has 2 atom stereocenters. The van der Waals surface area contributed by atoms with Gasteiger partial charge in [-0.15, -0.1) is 0 Å². The molecule has 1 aliphatic rings. The van der Waals surface area contributed by atoms with E-state index in [1.165, 1.54) is 0 Å². The molecule has 0 radical (unpaired) electrons. The molecule has 1 aliphatic heterocycles. The summed E-state index contributed by atoms with van der Waals surface area (Å²) in [5.74, 6) is 0.200. The van der Waals surface area contributed by atoms with E-state index in [2.05, 4.69) is 12.2 Å². The predicted molar refractivity (Wildman–Crippen MR) is 64.1 cm³/mol. The highest BCUT2D eigenvalue weighted by molar-refractivity contribution is 5.83. The van der Waals surface area contributed by atoms with E-state index in [1.54, 1.807) is 0 Å². The highest BCUT2D eigenvalue weighted by Crippen LogP contribution is 2.14. The van der Waals surface area contributed by atoms with E-state index < -0.39 is 0 Å². The maximum atomic E-state index is 11.9. The van der Waals surface area contributed by atoms with E-state index in [0.29, 0.717) is 13.2 Å². The molecule has 4 nitrogen and oxygen atoms in total. The summed E-state index contributed by atoms with van der Waals surface area (Å²) in [4.78, 5) is 13.8. The highest BCUT2D eigenvalue weighted by atomic mass is 16.5. The van der Waals surface area contributed by atoms with Gasteiger partial charge in [0.2, 0.25) is 5.91 Å². The molecule has 0 aromatic rings. The van der Waals surface area contributed by atoms with Crippen molar-refractivity contribution in [2.45, 2.75) is 58.8 Å². The van der Waals surface area contributed by atoms with Crippen LogP contribution in [0.15, 0.2) is 0 Å². The number of amides is 1. The second-order valence-electron chi connectivity index (χ2n) is 4.64. The van der Waals surface area contributed by atoms with E-state index in [9.17, 15) is 4.79 Å². The van der Waals surface area contributed by atoms with E-state index in [-0.39, 0.29) is 24.2 Å². The molecule has 1 fully saturated rings. The smallest absolute Gasteiger partial charge is 0.240 e. The van der Waals surface area contributed by atoms with Crippen molar-refractivity contribution >= 4 is 5.91 Å². The number of rotatable bonds is 6. The van der Waals surface area contributed by atoms with Crippen molar-refractivity contribution in [3.8, 4) is 0 Å². The Bertz CT molecular complexity index is 231. The summed E-state index contributed by atoms with van der Waals surface area (Å²) in [5.41, 5.74) is 0. The summed E-state index contributed by atoms with van der Waals surface area (Å²) in [5, 5.41) is 3.31. The van der Waals surface area contributed by atoms with Gasteiger partial charge in [-0.1, -0.05) is 13.3 Å². The first-order valence-corrected chi connectivity index (χ1v) is 6.24. The van der Waals surface area contributed by atoms with Gasteiger partial charge in [-0.25, -0.2) is 0 Å². The minimum Gasteiger partial charge on any atom is -0.377 e. The fourth-order valence-corrected chi connectivity index (χ4v) is 2.02. The number of carbonyl (C=O) groups is 1. The number of hydrogen-bond acceptors (Lipinski definition) is 3. The molecule has 1 heterocycles. The van der Waals surface area contributed by atoms with E-state index in [0.717, 1.165) is 12.8 Å². The molecule has 4 heteroatoms. The molecule has 0 aliphatic carbocycles. The standard InChI is InChI=1S/C12H24N2O2/c1-5-6-11-13-10(4)12(15)14(11)7-8-16-9(2)3/h9-11,13H,5-8H2,1-4H3. The lowest BCUT2D eigenvalue weighted by molar-refractivity contribution is -0.130. The Morgan fingerprint density at radius 3 is 2.75 bits per heavy atom. The first kappa shape index (κ1) is 13.5. The van der Waals surface area contributed by atoms with Crippen LogP contribution in [0.3, 0.4) is 0 Å². The van der Waals surface area contributed by atoms with E-state index >= 15 is 0 Å². The van der Waals surface area contributed by atoms with Gasteiger partial charge in [-0.05, 0) is 27.2 Å². The lowest BCUT2D eigenvalue weighted by atomic mass is 10.2. The van der Waals surface area contributed by atoms with Crippen LogP contribution in [0, 0.1) is 0 Å². The predicted octanol–water partition coefficient (Wildman–Crippen LogP) is 1.36. The SMILES string of the molecule is CCCC1NC(C)C(=O)N1CCOC(C)C. The van der Waals surface area contributed by atoms with Crippen LogP contribution < -0.4 is 5.32 Å². The van der Waals surface area contributed by atoms with Gasteiger partial charge in [0, 0.05) is 6.54 Å². The van der Waals surface area contributed by atoms with Gasteiger partial charge in [-0.2, -0.15) is 0 Å². The summed E-state index contributed by atoms with van der Waals surface area (Å²) < 4.78 is 5.49. The van der Waals surface area contributed by atoms with Crippen molar-refractivity contribution in [2.75, 3.05) is 13.2 Å². The lowest BCUT2D eigenvalue weighted by Crippen LogP contribution is -2.39. The molecule has 1 rings (SSSR count). The highest BCUT2D eigenvalue weighted by Gasteiger charge is 2.34. The molecule has 2 unspecified atom stereocenters. The minimum absolute atomic E-state index is 0.0457. The zero-order valence-corrected chi connectivity index (χ0v) is 10.8. The Morgan fingerprint density at radius 2 is 2.19 bits per heavy atom. The molecule has 0 bridgehead atoms. The van der Waals surface area contributed by atoms with Gasteiger partial charge < -0.3 is 9.64 Å². The maximum Gasteiger partial charge on any atom is 0.240 e. The van der Waals surface area contributed by atoms with Crippen LogP contribution in [-0.4, -0.2) is 42.3 Å². The third-order valence-corrected chi connectivity index (χ3v) is 2.82. The van der Waals surface area contributed by atoms with Crippen LogP contribution in [-0.2, 0) is 9.53 Å². The maximum absolute atomic E-state index is 11.9. The van der Waals surface area contributed by atoms with Crippen molar-refractivity contribution in [1.82, 2.24) is 10.2 Å². The third-order valence-electron chi connectivity index (χ3n) is 2.82. The van der Waals surface area contributed by atoms with Gasteiger partial charge in [0.25, 0.3) is 0 Å². The molecular weight excluding hydrogens is 204 g/mol. The van der Waals surface area contributed by atoms with Gasteiger partial charge in [0.15, 0.2) is 0 Å². The van der Waals surface area contributed by atoms with Crippen molar-refractivity contribution in [1.29, 1.82) is 0 Å². The van der Waals surface area contributed by atoms with Gasteiger partial charge in [0.1, 0.15) is 0 Å².